The summed E-state index contributed by atoms with van der Waals surface area (Å²) < 4.78 is 32.5. The molecule has 0 spiro atoms. The second-order valence-electron chi connectivity index (χ2n) is 12.8. The number of rotatable bonds is 13. The number of aryl methyl sites for hydroxylation is 3. The van der Waals surface area contributed by atoms with Crippen LogP contribution < -0.4 is 24.4 Å². The van der Waals surface area contributed by atoms with Crippen molar-refractivity contribution >= 4 is 35.1 Å². The van der Waals surface area contributed by atoms with E-state index in [2.05, 4.69) is 38.9 Å². The van der Waals surface area contributed by atoms with Crippen molar-refractivity contribution in [3.05, 3.63) is 93.9 Å². The highest BCUT2D eigenvalue weighted by Gasteiger charge is 2.24. The van der Waals surface area contributed by atoms with Crippen LogP contribution in [0.15, 0.2) is 60.8 Å². The van der Waals surface area contributed by atoms with E-state index in [0.717, 1.165) is 55.8 Å². The van der Waals surface area contributed by atoms with E-state index >= 15 is 0 Å². The largest absolute Gasteiger partial charge is 0.493 e. The quantitative estimate of drug-likeness (QED) is 0.139. The Bertz CT molecular complexity index is 1760. The highest BCUT2D eigenvalue weighted by atomic mass is 35.5. The number of methoxy groups -OCH3 is 1. The number of amides is 1. The van der Waals surface area contributed by atoms with Gasteiger partial charge in [0.2, 0.25) is 5.95 Å². The summed E-state index contributed by atoms with van der Waals surface area (Å²) in [6.45, 7) is 15.9. The lowest BCUT2D eigenvalue weighted by Gasteiger charge is -2.36. The van der Waals surface area contributed by atoms with Gasteiger partial charge in [0.05, 0.1) is 20.3 Å². The number of nitrogens with one attached hydrogen (secondary N) is 1. The van der Waals surface area contributed by atoms with Gasteiger partial charge in [-0.2, -0.15) is 4.98 Å². The molecule has 1 fully saturated rings. The SMILES string of the molecule is COc1cc(Nc2nccc(N(Cc3cc(Cl)ccc3F)C(=O)Oc3c(C)cc(C)cc3C)n2)ccc1OCCCN1CCN(C(C)C)CC1. The maximum Gasteiger partial charge on any atom is 0.421 e. The molecule has 1 saturated heterocycles. The van der Waals surface area contributed by atoms with Gasteiger partial charge in [-0.3, -0.25) is 9.80 Å². The molecule has 1 amide bonds. The molecule has 2 heterocycles. The number of carbonyl (C=O) groups is 1. The minimum absolute atomic E-state index is 0.181. The number of hydrogen-bond acceptors (Lipinski definition) is 9. The van der Waals surface area contributed by atoms with E-state index in [1.807, 2.05) is 45.0 Å². The van der Waals surface area contributed by atoms with Crippen LogP contribution in [0.3, 0.4) is 0 Å². The van der Waals surface area contributed by atoms with Crippen molar-refractivity contribution in [3.8, 4) is 17.2 Å². The van der Waals surface area contributed by atoms with Crippen molar-refractivity contribution in [2.75, 3.05) is 56.7 Å². The van der Waals surface area contributed by atoms with Gasteiger partial charge in [0, 0.05) is 67.3 Å². The van der Waals surface area contributed by atoms with Crippen LogP contribution in [0.4, 0.5) is 26.6 Å². The summed E-state index contributed by atoms with van der Waals surface area (Å²) in [5, 5.41) is 3.52. The predicted molar refractivity (Wildman–Crippen MR) is 196 cm³/mol. The van der Waals surface area contributed by atoms with E-state index in [0.29, 0.717) is 40.6 Å². The van der Waals surface area contributed by atoms with Crippen LogP contribution >= 0.6 is 11.6 Å². The smallest absolute Gasteiger partial charge is 0.421 e. The molecule has 10 nitrogen and oxygen atoms in total. The Labute approximate surface area is 299 Å². The van der Waals surface area contributed by atoms with E-state index in [4.69, 9.17) is 25.8 Å². The van der Waals surface area contributed by atoms with Gasteiger partial charge in [-0.05, 0) is 88.6 Å². The molecule has 1 aliphatic rings. The third kappa shape index (κ3) is 9.62. The Balaban J connectivity index is 1.28. The minimum atomic E-state index is -0.731. The normalized spacial score (nSPS) is 13.7. The summed E-state index contributed by atoms with van der Waals surface area (Å²) in [6.07, 6.45) is 1.69. The number of carbonyl (C=O) groups excluding carboxylic acids is 1. The van der Waals surface area contributed by atoms with Crippen LogP contribution in [-0.2, 0) is 6.54 Å². The van der Waals surface area contributed by atoms with Gasteiger partial charge in [-0.25, -0.2) is 14.2 Å². The predicted octanol–water partition coefficient (Wildman–Crippen LogP) is 7.95. The first kappa shape index (κ1) is 36.8. The second-order valence-corrected chi connectivity index (χ2v) is 13.3. The molecule has 0 atom stereocenters. The van der Waals surface area contributed by atoms with Crippen LogP contribution in [0.25, 0.3) is 0 Å². The lowest BCUT2D eigenvalue weighted by molar-refractivity contribution is 0.104. The summed E-state index contributed by atoms with van der Waals surface area (Å²) in [4.78, 5) is 29.0. The number of aromatic nitrogens is 2. The van der Waals surface area contributed by atoms with Gasteiger partial charge in [0.1, 0.15) is 17.4 Å². The van der Waals surface area contributed by atoms with Crippen LogP contribution in [-0.4, -0.2) is 78.3 Å². The molecule has 1 aromatic heterocycles. The Morgan fingerprint density at radius 2 is 1.74 bits per heavy atom. The maximum atomic E-state index is 14.9. The molecular formula is C38H46ClFN6O4. The topological polar surface area (TPSA) is 92.3 Å². The van der Waals surface area contributed by atoms with Crippen molar-refractivity contribution in [3.63, 3.8) is 0 Å². The summed E-state index contributed by atoms with van der Waals surface area (Å²) in [5.41, 5.74) is 3.50. The highest BCUT2D eigenvalue weighted by molar-refractivity contribution is 6.30. The fourth-order valence-corrected chi connectivity index (χ4v) is 6.27. The first-order chi connectivity index (χ1) is 24.0. The molecule has 50 heavy (non-hydrogen) atoms. The molecule has 0 radical (unpaired) electrons. The lowest BCUT2D eigenvalue weighted by Crippen LogP contribution is -2.49. The van der Waals surface area contributed by atoms with Crippen molar-refractivity contribution in [1.82, 2.24) is 19.8 Å². The first-order valence-electron chi connectivity index (χ1n) is 16.9. The fraction of sp³-hybridized carbons (Fsp3) is 0.395. The molecule has 3 aromatic carbocycles. The molecule has 0 aliphatic carbocycles. The second kappa shape index (κ2) is 17.0. The molecule has 1 N–H and O–H groups in total. The van der Waals surface area contributed by atoms with Gasteiger partial charge >= 0.3 is 6.09 Å². The van der Waals surface area contributed by atoms with E-state index < -0.39 is 11.9 Å². The molecule has 0 unspecified atom stereocenters. The van der Waals surface area contributed by atoms with Gasteiger partial charge in [-0.15, -0.1) is 0 Å². The summed E-state index contributed by atoms with van der Waals surface area (Å²) in [6, 6.07) is 15.7. The number of nitrogens with zero attached hydrogens (tertiary/aromatic N) is 5. The van der Waals surface area contributed by atoms with Crippen molar-refractivity contribution in [1.29, 1.82) is 0 Å². The maximum absolute atomic E-state index is 14.9. The molecule has 0 saturated carbocycles. The first-order valence-corrected chi connectivity index (χ1v) is 17.3. The van der Waals surface area contributed by atoms with Gasteiger partial charge in [0.25, 0.3) is 0 Å². The van der Waals surface area contributed by atoms with Crippen molar-refractivity contribution in [2.24, 2.45) is 0 Å². The van der Waals surface area contributed by atoms with Crippen LogP contribution in [0, 0.1) is 26.6 Å². The monoisotopic (exact) mass is 704 g/mol. The zero-order valence-corrected chi connectivity index (χ0v) is 30.4. The van der Waals surface area contributed by atoms with E-state index in [-0.39, 0.29) is 23.9 Å². The van der Waals surface area contributed by atoms with Crippen LogP contribution in [0.1, 0.15) is 42.5 Å². The van der Waals surface area contributed by atoms with Crippen LogP contribution in [0.2, 0.25) is 5.02 Å². The van der Waals surface area contributed by atoms with E-state index in [1.165, 1.54) is 29.3 Å². The van der Waals surface area contributed by atoms with Crippen molar-refractivity contribution < 1.29 is 23.4 Å². The fourth-order valence-electron chi connectivity index (χ4n) is 6.07. The van der Waals surface area contributed by atoms with Gasteiger partial charge in [0.15, 0.2) is 11.5 Å². The van der Waals surface area contributed by atoms with Gasteiger partial charge in [-0.1, -0.05) is 29.3 Å². The number of hydrogen-bond donors (Lipinski definition) is 1. The Morgan fingerprint density at radius 3 is 2.44 bits per heavy atom. The Morgan fingerprint density at radius 1 is 1.00 bits per heavy atom. The van der Waals surface area contributed by atoms with E-state index in [1.54, 1.807) is 19.2 Å². The zero-order chi connectivity index (χ0) is 35.8. The zero-order valence-electron chi connectivity index (χ0n) is 29.6. The number of benzene rings is 3. The summed E-state index contributed by atoms with van der Waals surface area (Å²) >= 11 is 6.18. The Kier molecular flexibility index (Phi) is 12.5. The Hall–Kier alpha value is -4.45. The van der Waals surface area contributed by atoms with Crippen LogP contribution in [0.5, 0.6) is 17.2 Å². The third-order valence-corrected chi connectivity index (χ3v) is 8.94. The van der Waals surface area contributed by atoms with E-state index in [9.17, 15) is 9.18 Å². The average molecular weight is 705 g/mol. The lowest BCUT2D eigenvalue weighted by atomic mass is 10.1. The number of halogens is 2. The molecule has 5 rings (SSSR count). The minimum Gasteiger partial charge on any atom is -0.493 e. The molecule has 266 valence electrons. The molecule has 4 aromatic rings. The number of ether oxygens (including phenoxy) is 3. The summed E-state index contributed by atoms with van der Waals surface area (Å²) in [7, 11) is 1.59. The summed E-state index contributed by atoms with van der Waals surface area (Å²) in [5.74, 6) is 1.53. The number of piperazine rings is 1. The standard InChI is InChI=1S/C38H46ClFN6O4/c1-25(2)45-17-15-44(16-18-45)14-7-19-49-33-11-9-31(23-34(33)48-6)42-37-41-13-12-35(43-37)46(24-29-22-30(39)8-10-32(29)40)38(47)50-36-27(4)20-26(3)21-28(36)5/h8-13,20-23,25H,7,14-19,24H2,1-6H3,(H,41,42,43). The molecule has 0 bridgehead atoms. The highest BCUT2D eigenvalue weighted by Crippen LogP contribution is 2.32. The van der Waals surface area contributed by atoms with Gasteiger partial charge < -0.3 is 24.4 Å². The average Bonchev–Trinajstić information content (AvgIpc) is 3.09. The molecule has 1 aliphatic heterocycles. The molecular weight excluding hydrogens is 659 g/mol. The van der Waals surface area contributed by atoms with Crippen molar-refractivity contribution in [2.45, 2.75) is 53.6 Å². The molecule has 12 heteroatoms. The third-order valence-electron chi connectivity index (χ3n) is 8.70. The number of anilines is 3.